The van der Waals surface area contributed by atoms with Gasteiger partial charge in [-0.15, -0.1) is 0 Å². The number of nitrogens with one attached hydrogen (secondary N) is 1. The highest BCUT2D eigenvalue weighted by atomic mass is 16.5. The predicted octanol–water partition coefficient (Wildman–Crippen LogP) is 2.57. The van der Waals surface area contributed by atoms with Gasteiger partial charge < -0.3 is 10.1 Å². The van der Waals surface area contributed by atoms with E-state index in [1.807, 2.05) is 12.4 Å². The molecule has 0 aliphatic heterocycles. The fourth-order valence-electron chi connectivity index (χ4n) is 1.79. The summed E-state index contributed by atoms with van der Waals surface area (Å²) in [5.41, 5.74) is 1.24. The van der Waals surface area contributed by atoms with Crippen LogP contribution in [0.3, 0.4) is 0 Å². The van der Waals surface area contributed by atoms with Gasteiger partial charge in [-0.3, -0.25) is 0 Å². The molecule has 0 saturated carbocycles. The standard InChI is InChI=1S/C13H23N3O/c1-6-7-14-11(13(2,3)4)10-8-15-12(17-5)16-9-10/h8-9,11,14H,6-7H2,1-5H3. The lowest BCUT2D eigenvalue weighted by Crippen LogP contribution is -2.33. The zero-order chi connectivity index (χ0) is 12.9. The molecule has 0 bridgehead atoms. The molecule has 1 aromatic heterocycles. The van der Waals surface area contributed by atoms with Crippen molar-refractivity contribution in [3.05, 3.63) is 18.0 Å². The van der Waals surface area contributed by atoms with Crippen LogP contribution in [0.4, 0.5) is 0 Å². The lowest BCUT2D eigenvalue weighted by atomic mass is 9.83. The van der Waals surface area contributed by atoms with Gasteiger partial charge >= 0.3 is 6.01 Å². The van der Waals surface area contributed by atoms with Crippen molar-refractivity contribution in [2.45, 2.75) is 40.2 Å². The molecule has 1 N–H and O–H groups in total. The summed E-state index contributed by atoms with van der Waals surface area (Å²) in [7, 11) is 1.57. The number of methoxy groups -OCH3 is 1. The summed E-state index contributed by atoms with van der Waals surface area (Å²) in [6.45, 7) is 9.80. The number of hydrogen-bond acceptors (Lipinski definition) is 4. The Kier molecular flexibility index (Phi) is 4.87. The third-order valence-corrected chi connectivity index (χ3v) is 2.63. The van der Waals surface area contributed by atoms with E-state index in [1.165, 1.54) is 0 Å². The second kappa shape index (κ2) is 5.96. The molecule has 1 aromatic rings. The Morgan fingerprint density at radius 1 is 1.29 bits per heavy atom. The van der Waals surface area contributed by atoms with Gasteiger partial charge in [0.05, 0.1) is 7.11 Å². The molecule has 0 saturated heterocycles. The van der Waals surface area contributed by atoms with E-state index < -0.39 is 0 Å². The topological polar surface area (TPSA) is 47.0 Å². The molecule has 0 aliphatic carbocycles. The smallest absolute Gasteiger partial charge is 0.316 e. The molecule has 17 heavy (non-hydrogen) atoms. The third kappa shape index (κ3) is 3.97. The Bertz CT molecular complexity index is 330. The minimum Gasteiger partial charge on any atom is -0.467 e. The molecule has 0 aliphatic rings. The molecule has 1 unspecified atom stereocenters. The lowest BCUT2D eigenvalue weighted by Gasteiger charge is -2.31. The van der Waals surface area contributed by atoms with Crippen LogP contribution in [-0.4, -0.2) is 23.6 Å². The van der Waals surface area contributed by atoms with E-state index >= 15 is 0 Å². The van der Waals surface area contributed by atoms with E-state index in [1.54, 1.807) is 7.11 Å². The molecule has 0 radical (unpaired) electrons. The maximum Gasteiger partial charge on any atom is 0.316 e. The Balaban J connectivity index is 2.88. The van der Waals surface area contributed by atoms with E-state index in [0.717, 1.165) is 18.5 Å². The second-order valence-corrected chi connectivity index (χ2v) is 5.26. The highest BCUT2D eigenvalue weighted by Crippen LogP contribution is 2.32. The quantitative estimate of drug-likeness (QED) is 0.855. The van der Waals surface area contributed by atoms with Crippen LogP contribution < -0.4 is 10.1 Å². The van der Waals surface area contributed by atoms with Gasteiger partial charge in [0.25, 0.3) is 0 Å². The zero-order valence-electron chi connectivity index (χ0n) is 11.4. The van der Waals surface area contributed by atoms with Crippen molar-refractivity contribution in [2.75, 3.05) is 13.7 Å². The average Bonchev–Trinajstić information content (AvgIpc) is 2.29. The van der Waals surface area contributed by atoms with Gasteiger partial charge in [0, 0.05) is 24.0 Å². The summed E-state index contributed by atoms with van der Waals surface area (Å²) in [5, 5.41) is 3.54. The number of rotatable bonds is 5. The van der Waals surface area contributed by atoms with Crippen LogP contribution in [0, 0.1) is 5.41 Å². The first kappa shape index (κ1) is 13.9. The van der Waals surface area contributed by atoms with Gasteiger partial charge in [0.2, 0.25) is 0 Å². The van der Waals surface area contributed by atoms with Crippen molar-refractivity contribution in [2.24, 2.45) is 5.41 Å². The van der Waals surface area contributed by atoms with E-state index in [2.05, 4.69) is 43.0 Å². The van der Waals surface area contributed by atoms with Crippen molar-refractivity contribution >= 4 is 0 Å². The van der Waals surface area contributed by atoms with Crippen LogP contribution in [-0.2, 0) is 0 Å². The molecule has 1 atom stereocenters. The summed E-state index contributed by atoms with van der Waals surface area (Å²) in [6, 6.07) is 0.672. The number of aromatic nitrogens is 2. The molecule has 4 heteroatoms. The van der Waals surface area contributed by atoms with Gasteiger partial charge in [-0.05, 0) is 18.4 Å². The van der Waals surface area contributed by atoms with Gasteiger partial charge in [0.1, 0.15) is 0 Å². The van der Waals surface area contributed by atoms with Crippen LogP contribution in [0.5, 0.6) is 6.01 Å². The SMILES string of the molecule is CCCNC(c1cnc(OC)nc1)C(C)(C)C. The van der Waals surface area contributed by atoms with E-state index in [0.29, 0.717) is 6.01 Å². The van der Waals surface area contributed by atoms with E-state index in [4.69, 9.17) is 4.74 Å². The minimum atomic E-state index is 0.132. The summed E-state index contributed by atoms with van der Waals surface area (Å²) in [4.78, 5) is 8.33. The fraction of sp³-hybridized carbons (Fsp3) is 0.692. The fourth-order valence-corrected chi connectivity index (χ4v) is 1.79. The van der Waals surface area contributed by atoms with Crippen molar-refractivity contribution in [1.29, 1.82) is 0 Å². The molecule has 1 heterocycles. The molecular formula is C13H23N3O. The Morgan fingerprint density at radius 3 is 2.29 bits per heavy atom. The Labute approximate surface area is 104 Å². The van der Waals surface area contributed by atoms with Gasteiger partial charge in [-0.2, -0.15) is 0 Å². The number of nitrogens with zero attached hydrogens (tertiary/aromatic N) is 2. The van der Waals surface area contributed by atoms with Crippen LogP contribution >= 0.6 is 0 Å². The van der Waals surface area contributed by atoms with Crippen LogP contribution in [0.15, 0.2) is 12.4 Å². The second-order valence-electron chi connectivity index (χ2n) is 5.26. The lowest BCUT2D eigenvalue weighted by molar-refractivity contribution is 0.271. The first-order valence-electron chi connectivity index (χ1n) is 6.08. The van der Waals surface area contributed by atoms with Crippen molar-refractivity contribution in [3.63, 3.8) is 0 Å². The van der Waals surface area contributed by atoms with Crippen LogP contribution in [0.25, 0.3) is 0 Å². The summed E-state index contributed by atoms with van der Waals surface area (Å²) >= 11 is 0. The van der Waals surface area contributed by atoms with E-state index in [9.17, 15) is 0 Å². The first-order valence-corrected chi connectivity index (χ1v) is 6.08. The number of ether oxygens (including phenoxy) is 1. The predicted molar refractivity (Wildman–Crippen MR) is 69.1 cm³/mol. The van der Waals surface area contributed by atoms with Crippen LogP contribution in [0.2, 0.25) is 0 Å². The monoisotopic (exact) mass is 237 g/mol. The minimum absolute atomic E-state index is 0.132. The highest BCUT2D eigenvalue weighted by Gasteiger charge is 2.26. The molecule has 1 rings (SSSR count). The normalized spacial score (nSPS) is 13.5. The maximum absolute atomic E-state index is 4.97. The summed E-state index contributed by atoms with van der Waals surface area (Å²) in [6.07, 6.45) is 4.79. The molecule has 0 spiro atoms. The van der Waals surface area contributed by atoms with E-state index in [-0.39, 0.29) is 11.5 Å². The Hall–Kier alpha value is -1.16. The van der Waals surface area contributed by atoms with Crippen molar-refractivity contribution < 1.29 is 4.74 Å². The first-order chi connectivity index (χ1) is 7.99. The number of hydrogen-bond donors (Lipinski definition) is 1. The molecular weight excluding hydrogens is 214 g/mol. The Morgan fingerprint density at radius 2 is 1.88 bits per heavy atom. The molecule has 0 aromatic carbocycles. The maximum atomic E-state index is 4.97. The summed E-state index contributed by atoms with van der Waals surface area (Å²) < 4.78 is 4.97. The van der Waals surface area contributed by atoms with Crippen molar-refractivity contribution in [3.8, 4) is 6.01 Å². The third-order valence-electron chi connectivity index (χ3n) is 2.63. The van der Waals surface area contributed by atoms with Crippen LogP contribution in [0.1, 0.15) is 45.7 Å². The molecule has 4 nitrogen and oxygen atoms in total. The molecule has 96 valence electrons. The van der Waals surface area contributed by atoms with Gasteiger partial charge in [-0.25, -0.2) is 9.97 Å². The average molecular weight is 237 g/mol. The summed E-state index contributed by atoms with van der Waals surface area (Å²) in [5.74, 6) is 0. The molecule has 0 amide bonds. The van der Waals surface area contributed by atoms with Gasteiger partial charge in [0.15, 0.2) is 0 Å². The van der Waals surface area contributed by atoms with Gasteiger partial charge in [-0.1, -0.05) is 27.7 Å². The zero-order valence-corrected chi connectivity index (χ0v) is 11.4. The highest BCUT2D eigenvalue weighted by molar-refractivity contribution is 5.15. The molecule has 0 fully saturated rings. The van der Waals surface area contributed by atoms with Crippen molar-refractivity contribution in [1.82, 2.24) is 15.3 Å². The largest absolute Gasteiger partial charge is 0.467 e.